The van der Waals surface area contributed by atoms with Crippen LogP contribution in [0.2, 0.25) is 0 Å². The van der Waals surface area contributed by atoms with Crippen LogP contribution in [0.1, 0.15) is 25.3 Å². The Bertz CT molecular complexity index is 547. The van der Waals surface area contributed by atoms with E-state index in [1.807, 2.05) is 13.8 Å². The summed E-state index contributed by atoms with van der Waals surface area (Å²) in [6.07, 6.45) is 0. The Labute approximate surface area is 98.5 Å². The first-order valence-electron chi connectivity index (χ1n) is 5.27. The topological polar surface area (TPSA) is 92.5 Å². The number of nitrogen functional groups attached to an aromatic ring is 1. The maximum atomic E-state index is 9.78. The zero-order valence-corrected chi connectivity index (χ0v) is 9.64. The number of nitrogens with two attached hydrogens (primary N) is 1. The zero-order chi connectivity index (χ0) is 12.6. The van der Waals surface area contributed by atoms with Gasteiger partial charge in [0.05, 0.1) is 0 Å². The van der Waals surface area contributed by atoms with Gasteiger partial charge in [-0.15, -0.1) is 0 Å². The third-order valence-electron chi connectivity index (χ3n) is 2.57. The second-order valence-corrected chi connectivity index (χ2v) is 4.20. The Morgan fingerprint density at radius 3 is 2.41 bits per heavy atom. The standard InChI is InChI=1S/C12H14N2O3/c1-6(2)7-3-8(11(16)5-10(7)15)9-4-12(13)17-14-9/h3-6,15-16H,13H2,1-2H3. The Morgan fingerprint density at radius 1 is 1.18 bits per heavy atom. The summed E-state index contributed by atoms with van der Waals surface area (Å²) in [4.78, 5) is 0. The van der Waals surface area contributed by atoms with Crippen molar-refractivity contribution in [3.63, 3.8) is 0 Å². The van der Waals surface area contributed by atoms with E-state index in [1.54, 1.807) is 6.07 Å². The fraction of sp³-hybridized carbons (Fsp3) is 0.250. The normalized spacial score (nSPS) is 11.0. The Morgan fingerprint density at radius 2 is 1.88 bits per heavy atom. The van der Waals surface area contributed by atoms with Crippen molar-refractivity contribution in [3.8, 4) is 22.8 Å². The van der Waals surface area contributed by atoms with Gasteiger partial charge in [-0.25, -0.2) is 0 Å². The number of nitrogens with zero attached hydrogens (tertiary/aromatic N) is 1. The fourth-order valence-electron chi connectivity index (χ4n) is 1.68. The summed E-state index contributed by atoms with van der Waals surface area (Å²) in [5.41, 5.74) is 7.11. The molecular weight excluding hydrogens is 220 g/mol. The second-order valence-electron chi connectivity index (χ2n) is 4.20. The van der Waals surface area contributed by atoms with Crippen LogP contribution in [-0.4, -0.2) is 15.4 Å². The van der Waals surface area contributed by atoms with Crippen molar-refractivity contribution < 1.29 is 14.7 Å². The van der Waals surface area contributed by atoms with Gasteiger partial charge in [0.25, 0.3) is 0 Å². The van der Waals surface area contributed by atoms with Gasteiger partial charge in [-0.05, 0) is 17.5 Å². The first-order valence-corrected chi connectivity index (χ1v) is 5.27. The number of rotatable bonds is 2. The molecule has 4 N–H and O–H groups in total. The number of phenols is 2. The minimum atomic E-state index is -0.0554. The SMILES string of the molecule is CC(C)c1cc(-c2cc(N)on2)c(O)cc1O. The summed E-state index contributed by atoms with van der Waals surface area (Å²) in [5, 5.41) is 23.2. The lowest BCUT2D eigenvalue weighted by atomic mass is 9.98. The molecule has 1 aromatic heterocycles. The highest BCUT2D eigenvalue weighted by Gasteiger charge is 2.15. The van der Waals surface area contributed by atoms with Gasteiger partial charge in [0.1, 0.15) is 17.2 Å². The lowest BCUT2D eigenvalue weighted by Crippen LogP contribution is -1.90. The van der Waals surface area contributed by atoms with Gasteiger partial charge >= 0.3 is 0 Å². The Kier molecular flexibility index (Phi) is 2.67. The van der Waals surface area contributed by atoms with E-state index >= 15 is 0 Å². The quantitative estimate of drug-likeness (QED) is 0.742. The molecule has 17 heavy (non-hydrogen) atoms. The van der Waals surface area contributed by atoms with Crippen LogP contribution in [0.3, 0.4) is 0 Å². The summed E-state index contributed by atoms with van der Waals surface area (Å²) >= 11 is 0. The summed E-state index contributed by atoms with van der Waals surface area (Å²) < 4.78 is 4.76. The van der Waals surface area contributed by atoms with Crippen LogP contribution in [0.4, 0.5) is 5.88 Å². The third-order valence-corrected chi connectivity index (χ3v) is 2.57. The predicted molar refractivity (Wildman–Crippen MR) is 63.8 cm³/mol. The number of hydrogen-bond donors (Lipinski definition) is 3. The molecule has 2 aromatic rings. The molecule has 0 saturated carbocycles. The van der Waals surface area contributed by atoms with Gasteiger partial charge in [0, 0.05) is 17.7 Å². The molecule has 0 amide bonds. The average Bonchev–Trinajstić information content (AvgIpc) is 2.64. The van der Waals surface area contributed by atoms with Gasteiger partial charge in [-0.2, -0.15) is 0 Å². The molecule has 0 unspecified atom stereocenters. The highest BCUT2D eigenvalue weighted by atomic mass is 16.5. The largest absolute Gasteiger partial charge is 0.508 e. The molecule has 0 aliphatic heterocycles. The predicted octanol–water partition coefficient (Wildman–Crippen LogP) is 2.46. The first kappa shape index (κ1) is 11.3. The molecule has 0 radical (unpaired) electrons. The zero-order valence-electron chi connectivity index (χ0n) is 9.64. The first-order chi connectivity index (χ1) is 7.99. The van der Waals surface area contributed by atoms with Gasteiger partial charge in [0.15, 0.2) is 0 Å². The van der Waals surface area contributed by atoms with Crippen LogP contribution in [0, 0.1) is 0 Å². The van der Waals surface area contributed by atoms with Crippen molar-refractivity contribution in [1.82, 2.24) is 5.16 Å². The van der Waals surface area contributed by atoms with E-state index in [2.05, 4.69) is 5.16 Å². The molecule has 0 saturated heterocycles. The van der Waals surface area contributed by atoms with E-state index in [0.29, 0.717) is 11.3 Å². The monoisotopic (exact) mass is 234 g/mol. The van der Waals surface area contributed by atoms with Crippen LogP contribution >= 0.6 is 0 Å². The third kappa shape index (κ3) is 2.04. The molecule has 0 atom stereocenters. The summed E-state index contributed by atoms with van der Waals surface area (Å²) in [5.74, 6) is 0.329. The molecular formula is C12H14N2O3. The molecule has 0 spiro atoms. The van der Waals surface area contributed by atoms with Crippen molar-refractivity contribution in [2.45, 2.75) is 19.8 Å². The van der Waals surface area contributed by atoms with E-state index in [-0.39, 0.29) is 23.3 Å². The number of aromatic hydroxyl groups is 2. The molecule has 0 fully saturated rings. The number of phenolic OH excluding ortho intramolecular Hbond substituents is 2. The van der Waals surface area contributed by atoms with Crippen LogP contribution < -0.4 is 5.73 Å². The summed E-state index contributed by atoms with van der Waals surface area (Å²) in [6.45, 7) is 3.90. The van der Waals surface area contributed by atoms with E-state index < -0.39 is 0 Å². The highest BCUT2D eigenvalue weighted by molar-refractivity contribution is 5.70. The molecule has 2 rings (SSSR count). The van der Waals surface area contributed by atoms with Gasteiger partial charge in [-0.1, -0.05) is 19.0 Å². The van der Waals surface area contributed by atoms with E-state index in [0.717, 1.165) is 5.56 Å². The highest BCUT2D eigenvalue weighted by Crippen LogP contribution is 2.37. The number of benzene rings is 1. The Balaban J connectivity index is 2.58. The van der Waals surface area contributed by atoms with Crippen molar-refractivity contribution in [2.75, 3.05) is 5.73 Å². The smallest absolute Gasteiger partial charge is 0.222 e. The summed E-state index contributed by atoms with van der Waals surface area (Å²) in [7, 11) is 0. The van der Waals surface area contributed by atoms with Crippen LogP contribution in [0.25, 0.3) is 11.3 Å². The lowest BCUT2D eigenvalue weighted by molar-refractivity contribution is 0.434. The van der Waals surface area contributed by atoms with Gasteiger partial charge in [-0.3, -0.25) is 0 Å². The van der Waals surface area contributed by atoms with E-state index in [9.17, 15) is 10.2 Å². The van der Waals surface area contributed by atoms with Crippen LogP contribution in [-0.2, 0) is 0 Å². The molecule has 0 aliphatic rings. The van der Waals surface area contributed by atoms with Crippen molar-refractivity contribution in [3.05, 3.63) is 23.8 Å². The average molecular weight is 234 g/mol. The minimum Gasteiger partial charge on any atom is -0.508 e. The van der Waals surface area contributed by atoms with Crippen LogP contribution in [0.5, 0.6) is 11.5 Å². The van der Waals surface area contributed by atoms with Crippen molar-refractivity contribution >= 4 is 5.88 Å². The molecule has 0 aliphatic carbocycles. The molecule has 90 valence electrons. The number of hydrogen-bond acceptors (Lipinski definition) is 5. The second kappa shape index (κ2) is 4.01. The van der Waals surface area contributed by atoms with E-state index in [1.165, 1.54) is 12.1 Å². The molecule has 1 aromatic carbocycles. The molecule has 5 nitrogen and oxygen atoms in total. The van der Waals surface area contributed by atoms with Gasteiger partial charge in [0.2, 0.25) is 5.88 Å². The summed E-state index contributed by atoms with van der Waals surface area (Å²) in [6, 6.07) is 4.51. The van der Waals surface area contributed by atoms with Crippen molar-refractivity contribution in [1.29, 1.82) is 0 Å². The Hall–Kier alpha value is -2.17. The van der Waals surface area contributed by atoms with Gasteiger partial charge < -0.3 is 20.5 Å². The fourth-order valence-corrected chi connectivity index (χ4v) is 1.68. The van der Waals surface area contributed by atoms with Crippen LogP contribution in [0.15, 0.2) is 22.7 Å². The number of anilines is 1. The minimum absolute atomic E-state index is 0.0554. The maximum Gasteiger partial charge on any atom is 0.222 e. The van der Waals surface area contributed by atoms with Crippen molar-refractivity contribution in [2.24, 2.45) is 0 Å². The van der Waals surface area contributed by atoms with E-state index in [4.69, 9.17) is 10.3 Å². The molecule has 0 bridgehead atoms. The molecule has 1 heterocycles. The maximum absolute atomic E-state index is 9.78. The molecule has 5 heteroatoms. The lowest BCUT2D eigenvalue weighted by Gasteiger charge is -2.11. The number of aromatic nitrogens is 1.